The number of ether oxygens (including phenoxy) is 2. The maximum atomic E-state index is 10.2. The van der Waals surface area contributed by atoms with Crippen LogP contribution in [0.15, 0.2) is 6.20 Å². The fraction of sp³-hybridized carbons (Fsp3) is 0.700. The van der Waals surface area contributed by atoms with E-state index in [1.165, 1.54) is 0 Å². The minimum atomic E-state index is -0.685. The van der Waals surface area contributed by atoms with Gasteiger partial charge in [0, 0.05) is 18.6 Å². The summed E-state index contributed by atoms with van der Waals surface area (Å²) in [6.45, 7) is 0.687. The van der Waals surface area contributed by atoms with Gasteiger partial charge in [-0.1, -0.05) is 0 Å². The van der Waals surface area contributed by atoms with E-state index in [0.717, 1.165) is 11.5 Å². The summed E-state index contributed by atoms with van der Waals surface area (Å²) in [6.07, 6.45) is 0.743. The third-order valence-electron chi connectivity index (χ3n) is 2.64. The molecule has 0 amide bonds. The van der Waals surface area contributed by atoms with E-state index in [0.29, 0.717) is 18.1 Å². The van der Waals surface area contributed by atoms with Gasteiger partial charge >= 0.3 is 0 Å². The number of aliphatic hydroxyl groups excluding tert-OH is 1. The van der Waals surface area contributed by atoms with E-state index in [1.54, 1.807) is 36.8 Å². The van der Waals surface area contributed by atoms with Crippen LogP contribution in [0, 0.1) is 0 Å². The summed E-state index contributed by atoms with van der Waals surface area (Å²) in [4.78, 5) is 0. The molecule has 1 fully saturated rings. The van der Waals surface area contributed by atoms with Crippen LogP contribution in [0.1, 0.15) is 11.8 Å². The van der Waals surface area contributed by atoms with Crippen molar-refractivity contribution >= 4 is 11.8 Å². The molecule has 90 valence electrons. The molecular weight excluding hydrogens is 228 g/mol. The Bertz CT molecular complexity index is 350. The number of methoxy groups -OCH3 is 1. The van der Waals surface area contributed by atoms with Crippen molar-refractivity contribution in [3.05, 3.63) is 11.9 Å². The molecule has 1 saturated heterocycles. The normalized spacial score (nSPS) is 23.1. The van der Waals surface area contributed by atoms with E-state index in [-0.39, 0.29) is 6.10 Å². The molecule has 1 aromatic rings. The van der Waals surface area contributed by atoms with Crippen molar-refractivity contribution in [3.63, 3.8) is 0 Å². The van der Waals surface area contributed by atoms with Gasteiger partial charge in [0.25, 0.3) is 0 Å². The lowest BCUT2D eigenvalue weighted by Gasteiger charge is -2.27. The van der Waals surface area contributed by atoms with Crippen LogP contribution in [0.4, 0.5) is 0 Å². The van der Waals surface area contributed by atoms with Crippen LogP contribution in [0.25, 0.3) is 0 Å². The second kappa shape index (κ2) is 5.07. The number of aliphatic hydroxyl groups is 1. The first-order valence-electron chi connectivity index (χ1n) is 5.17. The van der Waals surface area contributed by atoms with Crippen LogP contribution in [-0.4, -0.2) is 46.2 Å². The van der Waals surface area contributed by atoms with E-state index >= 15 is 0 Å². The van der Waals surface area contributed by atoms with Gasteiger partial charge in [0.15, 0.2) is 5.75 Å². The van der Waals surface area contributed by atoms with Crippen LogP contribution >= 0.6 is 11.8 Å². The maximum Gasteiger partial charge on any atom is 0.162 e. The van der Waals surface area contributed by atoms with Gasteiger partial charge in [0.2, 0.25) is 0 Å². The van der Waals surface area contributed by atoms with Crippen LogP contribution in [0.3, 0.4) is 0 Å². The van der Waals surface area contributed by atoms with Crippen LogP contribution in [0.5, 0.6) is 5.75 Å². The highest BCUT2D eigenvalue weighted by molar-refractivity contribution is 7.99. The molecule has 0 aliphatic carbocycles. The molecule has 0 bridgehead atoms. The Morgan fingerprint density at radius 1 is 1.75 bits per heavy atom. The Kier molecular flexibility index (Phi) is 3.73. The van der Waals surface area contributed by atoms with Crippen molar-refractivity contribution in [1.82, 2.24) is 9.78 Å². The van der Waals surface area contributed by atoms with Crippen LogP contribution in [0.2, 0.25) is 0 Å². The SMILES string of the molecule is COc1cnn(C)c1C(O)C1CSCCO1. The van der Waals surface area contributed by atoms with Gasteiger partial charge < -0.3 is 14.6 Å². The topological polar surface area (TPSA) is 56.5 Å². The van der Waals surface area contributed by atoms with Crippen molar-refractivity contribution in [2.45, 2.75) is 12.2 Å². The predicted molar refractivity (Wildman–Crippen MR) is 61.8 cm³/mol. The lowest BCUT2D eigenvalue weighted by Crippen LogP contribution is -2.31. The molecule has 1 aromatic heterocycles. The molecule has 5 nitrogen and oxygen atoms in total. The molecular formula is C10H16N2O3S. The van der Waals surface area contributed by atoms with E-state index < -0.39 is 6.10 Å². The second-order valence-electron chi connectivity index (χ2n) is 3.65. The smallest absolute Gasteiger partial charge is 0.162 e. The first-order chi connectivity index (χ1) is 7.74. The molecule has 0 saturated carbocycles. The maximum absolute atomic E-state index is 10.2. The van der Waals surface area contributed by atoms with Gasteiger partial charge in [-0.15, -0.1) is 0 Å². The van der Waals surface area contributed by atoms with Gasteiger partial charge in [-0.05, 0) is 0 Å². The number of aryl methyl sites for hydroxylation is 1. The molecule has 1 aliphatic heterocycles. The predicted octanol–water partition coefficient (Wildman–Crippen LogP) is 0.594. The van der Waals surface area contributed by atoms with Gasteiger partial charge in [0.1, 0.15) is 11.8 Å². The zero-order valence-electron chi connectivity index (χ0n) is 9.42. The molecule has 1 aliphatic rings. The Morgan fingerprint density at radius 3 is 3.19 bits per heavy atom. The second-order valence-corrected chi connectivity index (χ2v) is 4.80. The summed E-state index contributed by atoms with van der Waals surface area (Å²) < 4.78 is 12.4. The molecule has 0 radical (unpaired) electrons. The third kappa shape index (κ3) is 2.18. The number of rotatable bonds is 3. The summed E-state index contributed by atoms with van der Waals surface area (Å²) >= 11 is 1.79. The van der Waals surface area contributed by atoms with Gasteiger partial charge in [-0.25, -0.2) is 0 Å². The highest BCUT2D eigenvalue weighted by atomic mass is 32.2. The van der Waals surface area contributed by atoms with Gasteiger partial charge in [0.05, 0.1) is 26.0 Å². The summed E-state index contributed by atoms with van der Waals surface area (Å²) in [5.74, 6) is 2.40. The van der Waals surface area contributed by atoms with Crippen LogP contribution < -0.4 is 4.74 Å². The molecule has 16 heavy (non-hydrogen) atoms. The fourth-order valence-electron chi connectivity index (χ4n) is 1.79. The van der Waals surface area contributed by atoms with Crippen molar-refractivity contribution in [2.24, 2.45) is 7.05 Å². The zero-order chi connectivity index (χ0) is 11.5. The van der Waals surface area contributed by atoms with E-state index in [9.17, 15) is 5.11 Å². The summed E-state index contributed by atoms with van der Waals surface area (Å²) in [5.41, 5.74) is 0.676. The Labute approximate surface area is 98.7 Å². The number of hydrogen-bond acceptors (Lipinski definition) is 5. The number of nitrogens with zero attached hydrogens (tertiary/aromatic N) is 2. The van der Waals surface area contributed by atoms with Crippen molar-refractivity contribution < 1.29 is 14.6 Å². The number of aromatic nitrogens is 2. The van der Waals surface area contributed by atoms with Crippen molar-refractivity contribution in [2.75, 3.05) is 25.2 Å². The quantitative estimate of drug-likeness (QED) is 0.843. The minimum Gasteiger partial charge on any atom is -0.493 e. The standard InChI is InChI=1S/C10H16N2O3S/c1-12-9(7(14-2)5-11-12)10(13)8-6-16-4-3-15-8/h5,8,10,13H,3-4,6H2,1-2H3. The molecule has 0 aromatic carbocycles. The van der Waals surface area contributed by atoms with Gasteiger partial charge in [-0.3, -0.25) is 4.68 Å². The molecule has 2 rings (SSSR count). The molecule has 0 spiro atoms. The van der Waals surface area contributed by atoms with E-state index in [4.69, 9.17) is 9.47 Å². The lowest BCUT2D eigenvalue weighted by molar-refractivity contribution is -0.0270. The van der Waals surface area contributed by atoms with Crippen LogP contribution in [-0.2, 0) is 11.8 Å². The summed E-state index contributed by atoms with van der Waals surface area (Å²) in [6, 6.07) is 0. The first-order valence-corrected chi connectivity index (χ1v) is 6.32. The third-order valence-corrected chi connectivity index (χ3v) is 3.66. The average Bonchev–Trinajstić information content (AvgIpc) is 2.70. The Hall–Kier alpha value is -0.720. The lowest BCUT2D eigenvalue weighted by atomic mass is 10.1. The van der Waals surface area contributed by atoms with Crippen molar-refractivity contribution in [3.8, 4) is 5.75 Å². The molecule has 2 atom stereocenters. The summed E-state index contributed by atoms with van der Waals surface area (Å²) in [7, 11) is 3.36. The monoisotopic (exact) mass is 244 g/mol. The average molecular weight is 244 g/mol. The number of thioether (sulfide) groups is 1. The molecule has 2 unspecified atom stereocenters. The minimum absolute atomic E-state index is 0.178. The zero-order valence-corrected chi connectivity index (χ0v) is 10.2. The molecule has 1 N–H and O–H groups in total. The highest BCUT2D eigenvalue weighted by Crippen LogP contribution is 2.30. The van der Waals surface area contributed by atoms with E-state index in [2.05, 4.69) is 5.10 Å². The fourth-order valence-corrected chi connectivity index (χ4v) is 2.68. The molecule has 6 heteroatoms. The Balaban J connectivity index is 2.18. The van der Waals surface area contributed by atoms with Crippen molar-refractivity contribution in [1.29, 1.82) is 0 Å². The first kappa shape index (κ1) is 11.8. The largest absolute Gasteiger partial charge is 0.493 e. The molecule has 2 heterocycles. The highest BCUT2D eigenvalue weighted by Gasteiger charge is 2.29. The summed E-state index contributed by atoms with van der Waals surface area (Å²) in [5, 5.41) is 14.3. The van der Waals surface area contributed by atoms with E-state index in [1.807, 2.05) is 0 Å². The number of hydrogen-bond donors (Lipinski definition) is 1. The Morgan fingerprint density at radius 2 is 2.56 bits per heavy atom. The van der Waals surface area contributed by atoms with Gasteiger partial charge in [-0.2, -0.15) is 16.9 Å².